The summed E-state index contributed by atoms with van der Waals surface area (Å²) in [4.78, 5) is 25.5. The molecular formula is C22H17ClF3NO3. The van der Waals surface area contributed by atoms with Crippen LogP contribution in [0.4, 0.5) is 13.2 Å². The molecule has 1 heterocycles. The highest BCUT2D eigenvalue weighted by molar-refractivity contribution is 6.31. The zero-order valence-electron chi connectivity index (χ0n) is 15.7. The SMILES string of the molecule is O=C(O)c1c(-c2ccc(C(F)(F)F)cc2)c2cc(Cl)ccc2c(=O)n1C1CCCC1. The molecule has 3 aromatic rings. The van der Waals surface area contributed by atoms with Crippen LogP contribution in [0.1, 0.15) is 47.8 Å². The molecule has 4 rings (SSSR count). The Labute approximate surface area is 174 Å². The van der Waals surface area contributed by atoms with E-state index < -0.39 is 23.3 Å². The third-order valence-electron chi connectivity index (χ3n) is 5.57. The number of pyridine rings is 1. The highest BCUT2D eigenvalue weighted by atomic mass is 35.5. The van der Waals surface area contributed by atoms with Crippen LogP contribution in [0.15, 0.2) is 47.3 Å². The minimum Gasteiger partial charge on any atom is -0.477 e. The molecular weight excluding hydrogens is 419 g/mol. The normalized spacial score (nSPS) is 15.1. The lowest BCUT2D eigenvalue weighted by Crippen LogP contribution is -2.30. The van der Waals surface area contributed by atoms with Crippen LogP contribution in [0.25, 0.3) is 21.9 Å². The van der Waals surface area contributed by atoms with Gasteiger partial charge in [0.05, 0.1) is 5.56 Å². The first kappa shape index (κ1) is 20.5. The highest BCUT2D eigenvalue weighted by Crippen LogP contribution is 2.38. The topological polar surface area (TPSA) is 59.3 Å². The summed E-state index contributed by atoms with van der Waals surface area (Å²) in [6.07, 6.45) is -1.41. The predicted molar refractivity (Wildman–Crippen MR) is 108 cm³/mol. The van der Waals surface area contributed by atoms with Gasteiger partial charge in [-0.25, -0.2) is 4.79 Å². The molecule has 0 aliphatic heterocycles. The van der Waals surface area contributed by atoms with Crippen LogP contribution < -0.4 is 5.56 Å². The molecule has 30 heavy (non-hydrogen) atoms. The fourth-order valence-corrected chi connectivity index (χ4v) is 4.40. The minimum atomic E-state index is -4.51. The van der Waals surface area contributed by atoms with Gasteiger partial charge in [0.1, 0.15) is 5.69 Å². The van der Waals surface area contributed by atoms with Crippen molar-refractivity contribution < 1.29 is 23.1 Å². The van der Waals surface area contributed by atoms with E-state index in [-0.39, 0.29) is 28.2 Å². The number of carbonyl (C=O) groups is 1. The van der Waals surface area contributed by atoms with E-state index in [2.05, 4.69) is 0 Å². The number of rotatable bonds is 3. The molecule has 0 saturated heterocycles. The number of benzene rings is 2. The lowest BCUT2D eigenvalue weighted by atomic mass is 9.95. The number of fused-ring (bicyclic) bond motifs is 1. The maximum absolute atomic E-state index is 13.2. The maximum Gasteiger partial charge on any atom is 0.416 e. The fourth-order valence-electron chi connectivity index (χ4n) is 4.23. The Morgan fingerprint density at radius 1 is 1.03 bits per heavy atom. The first-order chi connectivity index (χ1) is 14.2. The molecule has 1 fully saturated rings. The van der Waals surface area contributed by atoms with Crippen LogP contribution >= 0.6 is 11.6 Å². The van der Waals surface area contributed by atoms with Crippen molar-refractivity contribution >= 4 is 28.3 Å². The summed E-state index contributed by atoms with van der Waals surface area (Å²) in [6.45, 7) is 0. The monoisotopic (exact) mass is 435 g/mol. The number of aromatic nitrogens is 1. The van der Waals surface area contributed by atoms with Crippen molar-refractivity contribution in [2.75, 3.05) is 0 Å². The standard InChI is InChI=1S/C22H17ClF3NO3/c23-14-9-10-16-17(11-14)18(12-5-7-13(8-6-12)22(24,25)26)19(21(29)30)27(20(16)28)15-3-1-2-4-15/h5-11,15H,1-4H2,(H,29,30). The van der Waals surface area contributed by atoms with Crippen LogP contribution in [-0.2, 0) is 6.18 Å². The van der Waals surface area contributed by atoms with Gasteiger partial charge in [-0.3, -0.25) is 9.36 Å². The summed E-state index contributed by atoms with van der Waals surface area (Å²) in [5, 5.41) is 10.9. The summed E-state index contributed by atoms with van der Waals surface area (Å²) in [7, 11) is 0. The van der Waals surface area contributed by atoms with Crippen molar-refractivity contribution in [2.45, 2.75) is 37.9 Å². The molecule has 0 bridgehead atoms. The first-order valence-corrected chi connectivity index (χ1v) is 9.85. The molecule has 0 atom stereocenters. The molecule has 0 amide bonds. The first-order valence-electron chi connectivity index (χ1n) is 9.47. The Hall–Kier alpha value is -2.80. The van der Waals surface area contributed by atoms with E-state index in [0.717, 1.165) is 25.0 Å². The Bertz CT molecular complexity index is 1190. The number of carboxylic acid groups (broad SMARTS) is 1. The molecule has 0 unspecified atom stereocenters. The van der Waals surface area contributed by atoms with Gasteiger partial charge in [0.2, 0.25) is 0 Å². The Morgan fingerprint density at radius 3 is 2.23 bits per heavy atom. The number of nitrogens with zero attached hydrogens (tertiary/aromatic N) is 1. The number of hydrogen-bond donors (Lipinski definition) is 1. The van der Waals surface area contributed by atoms with Crippen molar-refractivity contribution in [2.24, 2.45) is 0 Å². The second kappa shape index (κ2) is 7.47. The summed E-state index contributed by atoms with van der Waals surface area (Å²) >= 11 is 6.11. The number of hydrogen-bond acceptors (Lipinski definition) is 2. The van der Waals surface area contributed by atoms with Gasteiger partial charge in [0, 0.05) is 22.0 Å². The van der Waals surface area contributed by atoms with Gasteiger partial charge >= 0.3 is 12.1 Å². The van der Waals surface area contributed by atoms with Crippen molar-refractivity contribution in [3.63, 3.8) is 0 Å². The van der Waals surface area contributed by atoms with E-state index in [1.54, 1.807) is 6.07 Å². The van der Waals surface area contributed by atoms with Crippen LogP contribution in [0.5, 0.6) is 0 Å². The average Bonchev–Trinajstić information content (AvgIpc) is 3.21. The van der Waals surface area contributed by atoms with Crippen LogP contribution in [0.3, 0.4) is 0 Å². The van der Waals surface area contributed by atoms with Gasteiger partial charge in [-0.1, -0.05) is 36.6 Å². The molecule has 1 aliphatic carbocycles. The molecule has 1 N–H and O–H groups in total. The number of carboxylic acids is 1. The summed E-state index contributed by atoms with van der Waals surface area (Å²) < 4.78 is 40.3. The van der Waals surface area contributed by atoms with Gasteiger partial charge in [-0.2, -0.15) is 13.2 Å². The second-order valence-electron chi connectivity index (χ2n) is 7.41. The summed E-state index contributed by atoms with van der Waals surface area (Å²) in [6, 6.07) is 8.56. The molecule has 1 aromatic heterocycles. The smallest absolute Gasteiger partial charge is 0.416 e. The number of aromatic carboxylic acids is 1. The predicted octanol–water partition coefficient (Wildman–Crippen LogP) is 6.15. The third-order valence-corrected chi connectivity index (χ3v) is 5.81. The average molecular weight is 436 g/mol. The molecule has 156 valence electrons. The zero-order valence-corrected chi connectivity index (χ0v) is 16.4. The lowest BCUT2D eigenvalue weighted by molar-refractivity contribution is -0.137. The molecule has 1 aliphatic rings. The number of halogens is 4. The largest absolute Gasteiger partial charge is 0.477 e. The van der Waals surface area contributed by atoms with Gasteiger partial charge in [-0.05, 0) is 54.1 Å². The van der Waals surface area contributed by atoms with E-state index in [4.69, 9.17) is 11.6 Å². The fraction of sp³-hybridized carbons (Fsp3) is 0.273. The second-order valence-corrected chi connectivity index (χ2v) is 7.84. The van der Waals surface area contributed by atoms with E-state index in [1.165, 1.54) is 28.8 Å². The van der Waals surface area contributed by atoms with Gasteiger partial charge in [0.25, 0.3) is 5.56 Å². The Balaban J connectivity index is 2.09. The Kier molecular flexibility index (Phi) is 5.10. The van der Waals surface area contributed by atoms with Crippen LogP contribution in [-0.4, -0.2) is 15.6 Å². The van der Waals surface area contributed by atoms with Crippen molar-refractivity contribution in [3.8, 4) is 11.1 Å². The quantitative estimate of drug-likeness (QED) is 0.536. The van der Waals surface area contributed by atoms with Crippen molar-refractivity contribution in [1.82, 2.24) is 4.57 Å². The summed E-state index contributed by atoms with van der Waals surface area (Å²) in [5.41, 5.74) is -1.02. The zero-order chi connectivity index (χ0) is 21.6. The van der Waals surface area contributed by atoms with E-state index >= 15 is 0 Å². The molecule has 1 saturated carbocycles. The van der Waals surface area contributed by atoms with Crippen molar-refractivity contribution in [1.29, 1.82) is 0 Å². The van der Waals surface area contributed by atoms with E-state index in [0.29, 0.717) is 23.3 Å². The summed E-state index contributed by atoms with van der Waals surface area (Å²) in [5.74, 6) is -1.31. The van der Waals surface area contributed by atoms with E-state index in [1.807, 2.05) is 0 Å². The Morgan fingerprint density at radius 2 is 1.67 bits per heavy atom. The molecule has 0 spiro atoms. The molecule has 0 radical (unpaired) electrons. The highest BCUT2D eigenvalue weighted by Gasteiger charge is 2.32. The van der Waals surface area contributed by atoms with Crippen LogP contribution in [0.2, 0.25) is 5.02 Å². The third kappa shape index (κ3) is 3.47. The molecule has 4 nitrogen and oxygen atoms in total. The maximum atomic E-state index is 13.2. The van der Waals surface area contributed by atoms with Gasteiger partial charge in [0.15, 0.2) is 0 Å². The minimum absolute atomic E-state index is 0.195. The number of alkyl halides is 3. The van der Waals surface area contributed by atoms with E-state index in [9.17, 15) is 27.9 Å². The van der Waals surface area contributed by atoms with Gasteiger partial charge < -0.3 is 5.11 Å². The molecule has 8 heteroatoms. The van der Waals surface area contributed by atoms with Crippen molar-refractivity contribution in [3.05, 3.63) is 69.1 Å². The lowest BCUT2D eigenvalue weighted by Gasteiger charge is -2.22. The van der Waals surface area contributed by atoms with Crippen LogP contribution in [0, 0.1) is 0 Å². The van der Waals surface area contributed by atoms with Gasteiger partial charge in [-0.15, -0.1) is 0 Å². The molecule has 2 aromatic carbocycles.